The first kappa shape index (κ1) is 19.6. The highest BCUT2D eigenvalue weighted by Crippen LogP contribution is 2.37. The summed E-state index contributed by atoms with van der Waals surface area (Å²) in [7, 11) is 0. The molecular formula is C15H24F3NO4. The minimum absolute atomic E-state index is 0.280. The van der Waals surface area contributed by atoms with Crippen molar-refractivity contribution in [2.75, 3.05) is 0 Å². The number of rotatable bonds is 6. The average molecular weight is 339 g/mol. The molecule has 0 heterocycles. The van der Waals surface area contributed by atoms with Crippen molar-refractivity contribution in [3.8, 4) is 0 Å². The molecule has 1 aliphatic carbocycles. The monoisotopic (exact) mass is 339 g/mol. The number of carbonyl (C=O) groups excluding carboxylic acids is 1. The van der Waals surface area contributed by atoms with Crippen molar-refractivity contribution >= 4 is 12.1 Å². The van der Waals surface area contributed by atoms with E-state index in [0.717, 1.165) is 4.90 Å². The number of ether oxygens (including phenoxy) is 1. The van der Waals surface area contributed by atoms with Crippen LogP contribution in [-0.4, -0.2) is 45.4 Å². The lowest BCUT2D eigenvalue weighted by molar-refractivity contribution is -0.154. The van der Waals surface area contributed by atoms with Crippen LogP contribution in [0.3, 0.4) is 0 Å². The van der Waals surface area contributed by atoms with Crippen molar-refractivity contribution in [3.63, 3.8) is 0 Å². The van der Waals surface area contributed by atoms with E-state index in [1.54, 1.807) is 20.8 Å². The Bertz CT molecular complexity index is 455. The Morgan fingerprint density at radius 1 is 1.13 bits per heavy atom. The van der Waals surface area contributed by atoms with Crippen LogP contribution in [0.2, 0.25) is 0 Å². The van der Waals surface area contributed by atoms with Gasteiger partial charge in [0, 0.05) is 12.5 Å². The number of alkyl halides is 3. The molecule has 0 aromatic rings. The number of carbonyl (C=O) groups is 2. The van der Waals surface area contributed by atoms with Crippen molar-refractivity contribution in [1.29, 1.82) is 0 Å². The van der Waals surface area contributed by atoms with Crippen molar-refractivity contribution in [2.24, 2.45) is 0 Å². The molecule has 0 aromatic carbocycles. The third-order valence-electron chi connectivity index (χ3n) is 3.62. The van der Waals surface area contributed by atoms with Crippen LogP contribution in [0, 0.1) is 0 Å². The van der Waals surface area contributed by atoms with Gasteiger partial charge in [0.15, 0.2) is 0 Å². The second-order valence-corrected chi connectivity index (χ2v) is 7.13. The minimum atomic E-state index is -4.35. The van der Waals surface area contributed by atoms with Crippen LogP contribution in [-0.2, 0) is 9.53 Å². The molecule has 0 saturated heterocycles. The van der Waals surface area contributed by atoms with Crippen LogP contribution in [0.1, 0.15) is 59.8 Å². The van der Waals surface area contributed by atoms with Gasteiger partial charge in [0.05, 0.1) is 0 Å². The van der Waals surface area contributed by atoms with Crippen LogP contribution in [0.5, 0.6) is 0 Å². The number of hydrogen-bond donors (Lipinski definition) is 1. The Kier molecular flexibility index (Phi) is 5.59. The fourth-order valence-electron chi connectivity index (χ4n) is 2.36. The van der Waals surface area contributed by atoms with E-state index < -0.39 is 35.8 Å². The molecule has 1 amide bonds. The molecule has 0 aromatic heterocycles. The summed E-state index contributed by atoms with van der Waals surface area (Å²) in [5.41, 5.74) is -2.52. The molecule has 5 nitrogen and oxygen atoms in total. The van der Waals surface area contributed by atoms with Crippen molar-refractivity contribution in [3.05, 3.63) is 0 Å². The zero-order chi connectivity index (χ0) is 18.1. The van der Waals surface area contributed by atoms with E-state index in [1.165, 1.54) is 6.92 Å². The molecule has 8 heteroatoms. The molecule has 1 aliphatic rings. The zero-order valence-corrected chi connectivity index (χ0v) is 13.9. The molecule has 1 saturated carbocycles. The summed E-state index contributed by atoms with van der Waals surface area (Å²) in [6, 6.07) is -0.295. The predicted octanol–water partition coefficient (Wildman–Crippen LogP) is 3.96. The molecular weight excluding hydrogens is 315 g/mol. The molecule has 0 aliphatic heterocycles. The first-order valence-corrected chi connectivity index (χ1v) is 7.59. The van der Waals surface area contributed by atoms with Gasteiger partial charge in [-0.1, -0.05) is 0 Å². The molecule has 1 atom stereocenters. The molecule has 1 unspecified atom stereocenters. The van der Waals surface area contributed by atoms with Gasteiger partial charge in [0.2, 0.25) is 0 Å². The smallest absolute Gasteiger partial charge is 0.411 e. The molecule has 134 valence electrons. The van der Waals surface area contributed by atoms with Gasteiger partial charge in [-0.2, -0.15) is 13.2 Å². The van der Waals surface area contributed by atoms with Crippen LogP contribution in [0.4, 0.5) is 18.0 Å². The Morgan fingerprint density at radius 2 is 1.65 bits per heavy atom. The van der Waals surface area contributed by atoms with E-state index in [4.69, 9.17) is 4.74 Å². The second-order valence-electron chi connectivity index (χ2n) is 7.13. The molecule has 0 radical (unpaired) electrons. The van der Waals surface area contributed by atoms with Gasteiger partial charge < -0.3 is 9.84 Å². The Labute approximate surface area is 133 Å². The van der Waals surface area contributed by atoms with Gasteiger partial charge in [-0.3, -0.25) is 4.90 Å². The molecule has 1 rings (SSSR count). The van der Waals surface area contributed by atoms with E-state index >= 15 is 0 Å². The summed E-state index contributed by atoms with van der Waals surface area (Å²) in [5.74, 6) is -1.32. The fourth-order valence-corrected chi connectivity index (χ4v) is 2.36. The Balaban J connectivity index is 2.93. The highest BCUT2D eigenvalue weighted by atomic mass is 19.4. The summed E-state index contributed by atoms with van der Waals surface area (Å²) < 4.78 is 42.2. The molecule has 0 bridgehead atoms. The quantitative estimate of drug-likeness (QED) is 0.795. The SMILES string of the molecule is CC(C)(C)OC(=O)N(C1CC1)C(C)(CCCC(F)(F)F)C(=O)O. The summed E-state index contributed by atoms with van der Waals surface area (Å²) in [6.45, 7) is 6.24. The third-order valence-corrected chi connectivity index (χ3v) is 3.62. The Hall–Kier alpha value is -1.47. The lowest BCUT2D eigenvalue weighted by atomic mass is 9.92. The summed E-state index contributed by atoms with van der Waals surface area (Å²) in [5, 5.41) is 9.53. The maximum atomic E-state index is 12.4. The van der Waals surface area contributed by atoms with Gasteiger partial charge in [0.25, 0.3) is 0 Å². The first-order chi connectivity index (χ1) is 10.3. The number of halogens is 3. The number of amides is 1. The fraction of sp³-hybridized carbons (Fsp3) is 0.867. The topological polar surface area (TPSA) is 66.8 Å². The van der Waals surface area contributed by atoms with Crippen molar-refractivity contribution in [1.82, 2.24) is 4.90 Å². The number of carboxylic acids is 1. The van der Waals surface area contributed by atoms with Crippen LogP contribution in [0.25, 0.3) is 0 Å². The van der Waals surface area contributed by atoms with Gasteiger partial charge in [-0.05, 0) is 53.4 Å². The Morgan fingerprint density at radius 3 is 2.00 bits per heavy atom. The van der Waals surface area contributed by atoms with E-state index in [9.17, 15) is 27.9 Å². The normalized spacial score (nSPS) is 18.2. The zero-order valence-electron chi connectivity index (χ0n) is 13.9. The molecule has 0 spiro atoms. The van der Waals surface area contributed by atoms with Gasteiger partial charge in [-0.25, -0.2) is 9.59 Å². The van der Waals surface area contributed by atoms with Gasteiger partial charge >= 0.3 is 18.2 Å². The minimum Gasteiger partial charge on any atom is -0.480 e. The maximum Gasteiger partial charge on any atom is 0.411 e. The van der Waals surface area contributed by atoms with Crippen LogP contribution >= 0.6 is 0 Å². The van der Waals surface area contributed by atoms with Gasteiger partial charge in [0.1, 0.15) is 11.1 Å². The maximum absolute atomic E-state index is 12.4. The number of aliphatic carboxylic acids is 1. The summed E-state index contributed by atoms with van der Waals surface area (Å²) in [4.78, 5) is 25.2. The third kappa shape index (κ3) is 5.91. The van der Waals surface area contributed by atoms with Crippen molar-refractivity contribution in [2.45, 2.75) is 83.2 Å². The molecule has 23 heavy (non-hydrogen) atoms. The highest BCUT2D eigenvalue weighted by Gasteiger charge is 2.50. The lowest BCUT2D eigenvalue weighted by Crippen LogP contribution is -2.57. The second kappa shape index (κ2) is 6.57. The van der Waals surface area contributed by atoms with Crippen LogP contribution in [0.15, 0.2) is 0 Å². The number of hydrogen-bond acceptors (Lipinski definition) is 3. The van der Waals surface area contributed by atoms with E-state index in [2.05, 4.69) is 0 Å². The van der Waals surface area contributed by atoms with Crippen molar-refractivity contribution < 1.29 is 32.6 Å². The average Bonchev–Trinajstić information content (AvgIpc) is 3.08. The number of carboxylic acid groups (broad SMARTS) is 1. The standard InChI is InChI=1S/C15H24F3NO4/c1-13(2,3)23-12(22)19(10-6-7-10)14(4,11(20)21)8-5-9-15(16,17)18/h10H,5-9H2,1-4H3,(H,20,21). The first-order valence-electron chi connectivity index (χ1n) is 7.59. The summed E-state index contributed by atoms with van der Waals surface area (Å²) in [6.07, 6.45) is -5.62. The largest absolute Gasteiger partial charge is 0.480 e. The molecule has 1 fully saturated rings. The van der Waals surface area contributed by atoms with E-state index in [1.807, 2.05) is 0 Å². The van der Waals surface area contributed by atoms with E-state index in [-0.39, 0.29) is 18.9 Å². The van der Waals surface area contributed by atoms with Crippen LogP contribution < -0.4 is 0 Å². The molecule has 1 N–H and O–H groups in total. The highest BCUT2D eigenvalue weighted by molar-refractivity contribution is 5.84. The van der Waals surface area contributed by atoms with E-state index in [0.29, 0.717) is 12.8 Å². The summed E-state index contributed by atoms with van der Waals surface area (Å²) >= 11 is 0. The van der Waals surface area contributed by atoms with Gasteiger partial charge in [-0.15, -0.1) is 0 Å². The lowest BCUT2D eigenvalue weighted by Gasteiger charge is -2.39. The predicted molar refractivity (Wildman–Crippen MR) is 77.0 cm³/mol. The number of nitrogens with zero attached hydrogens (tertiary/aromatic N) is 1.